The summed E-state index contributed by atoms with van der Waals surface area (Å²) in [6.45, 7) is 7.93. The highest BCUT2D eigenvalue weighted by Gasteiger charge is 2.30. The van der Waals surface area contributed by atoms with Crippen LogP contribution in [0, 0.1) is 0 Å². The Morgan fingerprint density at radius 3 is 2.33 bits per heavy atom. The van der Waals surface area contributed by atoms with Crippen molar-refractivity contribution in [3.05, 3.63) is 0 Å². The zero-order chi connectivity index (χ0) is 15.1. The first-order valence-electron chi connectivity index (χ1n) is 8.01. The third kappa shape index (κ3) is 5.17. The number of hydrogen-bond donors (Lipinski definition) is 0. The molecule has 0 amide bonds. The Balaban J connectivity index is 1.96. The van der Waals surface area contributed by atoms with Crippen LogP contribution >= 0.6 is 0 Å². The fourth-order valence-corrected chi connectivity index (χ4v) is 4.74. The summed E-state index contributed by atoms with van der Waals surface area (Å²) in [7, 11) is -3.15. The Kier molecular flexibility index (Phi) is 6.88. The fourth-order valence-electron chi connectivity index (χ4n) is 2.96. The van der Waals surface area contributed by atoms with E-state index in [1.165, 1.54) is 0 Å². The van der Waals surface area contributed by atoms with Crippen LogP contribution in [0.1, 0.15) is 26.2 Å². The van der Waals surface area contributed by atoms with E-state index >= 15 is 0 Å². The lowest BCUT2D eigenvalue weighted by molar-refractivity contribution is 0.0291. The van der Waals surface area contributed by atoms with Gasteiger partial charge in [-0.3, -0.25) is 4.90 Å². The van der Waals surface area contributed by atoms with Crippen molar-refractivity contribution in [1.29, 1.82) is 0 Å². The molecule has 2 aliphatic heterocycles. The number of sulfonamides is 1. The van der Waals surface area contributed by atoms with Crippen LogP contribution in [0.25, 0.3) is 0 Å². The normalized spacial score (nSPS) is 22.8. The predicted octanol–water partition coefficient (Wildman–Crippen LogP) is 0.539. The molecule has 2 rings (SSSR count). The van der Waals surface area contributed by atoms with E-state index < -0.39 is 10.0 Å². The number of nitrogens with zero attached hydrogens (tertiary/aromatic N) is 2. The molecule has 2 heterocycles. The van der Waals surface area contributed by atoms with Crippen LogP contribution in [0.15, 0.2) is 0 Å². The molecule has 0 atom stereocenters. The second-order valence-electron chi connectivity index (χ2n) is 5.72. The monoisotopic (exact) mass is 320 g/mol. The minimum absolute atomic E-state index is 0.108. The zero-order valence-electron chi connectivity index (χ0n) is 13.0. The highest BCUT2D eigenvalue weighted by Crippen LogP contribution is 2.19. The highest BCUT2D eigenvalue weighted by atomic mass is 32.2. The second-order valence-corrected chi connectivity index (χ2v) is 7.77. The lowest BCUT2D eigenvalue weighted by Crippen LogP contribution is -2.49. The van der Waals surface area contributed by atoms with E-state index in [1.807, 2.05) is 6.92 Å². The molecule has 2 aliphatic rings. The Morgan fingerprint density at radius 1 is 1.10 bits per heavy atom. The molecule has 21 heavy (non-hydrogen) atoms. The van der Waals surface area contributed by atoms with Crippen molar-refractivity contribution in [3.8, 4) is 0 Å². The lowest BCUT2D eigenvalue weighted by atomic mass is 10.1. The molecule has 2 saturated heterocycles. The van der Waals surface area contributed by atoms with Crippen molar-refractivity contribution in [2.24, 2.45) is 0 Å². The molecular weight excluding hydrogens is 292 g/mol. The molecule has 0 saturated carbocycles. The van der Waals surface area contributed by atoms with E-state index in [-0.39, 0.29) is 11.8 Å². The molecule has 0 radical (unpaired) electrons. The molecule has 0 aromatic carbocycles. The molecule has 6 nitrogen and oxygen atoms in total. The molecule has 0 aromatic heterocycles. The summed E-state index contributed by atoms with van der Waals surface area (Å²) in [5, 5.41) is 0. The van der Waals surface area contributed by atoms with Gasteiger partial charge < -0.3 is 9.47 Å². The molecule has 124 valence electrons. The molecule has 2 fully saturated rings. The maximum atomic E-state index is 12.5. The summed E-state index contributed by atoms with van der Waals surface area (Å²) in [5.74, 6) is 0.244. The van der Waals surface area contributed by atoms with Crippen LogP contribution in [0.3, 0.4) is 0 Å². The van der Waals surface area contributed by atoms with Crippen LogP contribution in [0.5, 0.6) is 0 Å². The summed E-state index contributed by atoms with van der Waals surface area (Å²) in [4.78, 5) is 2.29. The van der Waals surface area contributed by atoms with Gasteiger partial charge in [0.1, 0.15) is 0 Å². The fraction of sp³-hybridized carbons (Fsp3) is 1.00. The predicted molar refractivity (Wildman–Crippen MR) is 81.9 cm³/mol. The number of rotatable bonds is 7. The topological polar surface area (TPSA) is 59.1 Å². The van der Waals surface area contributed by atoms with Crippen molar-refractivity contribution in [3.63, 3.8) is 0 Å². The average molecular weight is 320 g/mol. The van der Waals surface area contributed by atoms with Gasteiger partial charge in [0.05, 0.1) is 19.0 Å². The van der Waals surface area contributed by atoms with Gasteiger partial charge in [-0.15, -0.1) is 0 Å². The van der Waals surface area contributed by atoms with E-state index in [9.17, 15) is 8.42 Å². The first kappa shape index (κ1) is 17.1. The third-order valence-electron chi connectivity index (χ3n) is 4.16. The quantitative estimate of drug-likeness (QED) is 0.685. The van der Waals surface area contributed by atoms with E-state index in [0.717, 1.165) is 45.7 Å². The minimum atomic E-state index is -3.15. The van der Waals surface area contributed by atoms with Gasteiger partial charge in [0.15, 0.2) is 0 Å². The second kappa shape index (κ2) is 8.43. The van der Waals surface area contributed by atoms with Gasteiger partial charge in [0.2, 0.25) is 10.0 Å². The first-order valence-corrected chi connectivity index (χ1v) is 9.62. The van der Waals surface area contributed by atoms with Crippen molar-refractivity contribution >= 4 is 10.0 Å². The minimum Gasteiger partial charge on any atom is -0.381 e. The smallest absolute Gasteiger partial charge is 0.214 e. The third-order valence-corrected chi connectivity index (χ3v) is 6.28. The Bertz CT molecular complexity index is 390. The van der Waals surface area contributed by atoms with Gasteiger partial charge in [-0.1, -0.05) is 6.92 Å². The summed E-state index contributed by atoms with van der Waals surface area (Å²) in [5.41, 5.74) is 0. The van der Waals surface area contributed by atoms with Gasteiger partial charge in [-0.05, 0) is 19.3 Å². The molecule has 0 aromatic rings. The Labute approximate surface area is 128 Å². The zero-order valence-corrected chi connectivity index (χ0v) is 13.8. The largest absolute Gasteiger partial charge is 0.381 e. The average Bonchev–Trinajstić information content (AvgIpc) is 2.49. The van der Waals surface area contributed by atoms with E-state index in [1.54, 1.807) is 4.31 Å². The molecule has 0 N–H and O–H groups in total. The van der Waals surface area contributed by atoms with Crippen molar-refractivity contribution in [2.75, 3.05) is 58.4 Å². The van der Waals surface area contributed by atoms with Crippen LogP contribution in [-0.2, 0) is 19.5 Å². The summed E-state index contributed by atoms with van der Waals surface area (Å²) in [6.07, 6.45) is 2.29. The highest BCUT2D eigenvalue weighted by molar-refractivity contribution is 7.89. The van der Waals surface area contributed by atoms with Gasteiger partial charge in [-0.2, -0.15) is 4.31 Å². The van der Waals surface area contributed by atoms with E-state index in [0.29, 0.717) is 26.2 Å². The lowest BCUT2D eigenvalue weighted by Gasteiger charge is -2.35. The van der Waals surface area contributed by atoms with Gasteiger partial charge in [-0.25, -0.2) is 8.42 Å². The molecule has 0 aliphatic carbocycles. The summed E-state index contributed by atoms with van der Waals surface area (Å²) >= 11 is 0. The Hall–Kier alpha value is -0.210. The molecule has 0 spiro atoms. The molecule has 0 unspecified atom stereocenters. The standard InChI is InChI=1S/C14H28N2O4S/c1-2-13-21(17,18)16(14-3-9-19-10-4-14)6-5-15-7-11-20-12-8-15/h14H,2-13H2,1H3. The van der Waals surface area contributed by atoms with E-state index in [2.05, 4.69) is 4.90 Å². The molecule has 7 heteroatoms. The van der Waals surface area contributed by atoms with Crippen LogP contribution < -0.4 is 0 Å². The number of morpholine rings is 1. The van der Waals surface area contributed by atoms with Crippen LogP contribution in [0.4, 0.5) is 0 Å². The van der Waals surface area contributed by atoms with Gasteiger partial charge in [0, 0.05) is 45.4 Å². The maximum absolute atomic E-state index is 12.5. The van der Waals surface area contributed by atoms with Crippen molar-refractivity contribution < 1.29 is 17.9 Å². The number of hydrogen-bond acceptors (Lipinski definition) is 5. The molecular formula is C14H28N2O4S. The Morgan fingerprint density at radius 2 is 1.71 bits per heavy atom. The van der Waals surface area contributed by atoms with Gasteiger partial charge >= 0.3 is 0 Å². The van der Waals surface area contributed by atoms with Crippen LogP contribution in [-0.4, -0.2) is 82.0 Å². The first-order chi connectivity index (χ1) is 10.1. The SMILES string of the molecule is CCCS(=O)(=O)N(CCN1CCOCC1)C1CCOCC1. The van der Waals surface area contributed by atoms with Gasteiger partial charge in [0.25, 0.3) is 0 Å². The maximum Gasteiger partial charge on any atom is 0.214 e. The van der Waals surface area contributed by atoms with Crippen molar-refractivity contribution in [1.82, 2.24) is 9.21 Å². The van der Waals surface area contributed by atoms with E-state index in [4.69, 9.17) is 9.47 Å². The van der Waals surface area contributed by atoms with Crippen molar-refractivity contribution in [2.45, 2.75) is 32.2 Å². The number of ether oxygens (including phenoxy) is 2. The summed E-state index contributed by atoms with van der Waals surface area (Å²) < 4.78 is 37.5. The molecule has 0 bridgehead atoms. The van der Waals surface area contributed by atoms with Crippen LogP contribution in [0.2, 0.25) is 0 Å². The summed E-state index contributed by atoms with van der Waals surface area (Å²) in [6, 6.07) is 0.108.